The summed E-state index contributed by atoms with van der Waals surface area (Å²) in [6, 6.07) is 17.1. The van der Waals surface area contributed by atoms with E-state index < -0.39 is 5.92 Å². The van der Waals surface area contributed by atoms with Crippen molar-refractivity contribution < 1.29 is 9.53 Å². The molecule has 4 rings (SSSR count). The van der Waals surface area contributed by atoms with E-state index in [1.165, 1.54) is 0 Å². The summed E-state index contributed by atoms with van der Waals surface area (Å²) in [6.07, 6.45) is 1.63. The lowest BCUT2D eigenvalue weighted by Crippen LogP contribution is -2.12. The summed E-state index contributed by atoms with van der Waals surface area (Å²) < 4.78 is 5.23. The number of carbonyl (C=O) groups excluding carboxylic acids is 1. The van der Waals surface area contributed by atoms with Gasteiger partial charge in [-0.25, -0.2) is 4.99 Å². The molecule has 1 unspecified atom stereocenters. The zero-order valence-electron chi connectivity index (χ0n) is 13.6. The number of hydrogen-bond donors (Lipinski definition) is 2. The fourth-order valence-corrected chi connectivity index (χ4v) is 2.85. The van der Waals surface area contributed by atoms with Crippen LogP contribution in [0.15, 0.2) is 59.6 Å². The molecular weight excluding hydrogens is 316 g/mol. The Balaban J connectivity index is 1.57. The maximum atomic E-state index is 12.1. The summed E-state index contributed by atoms with van der Waals surface area (Å²) >= 11 is 0. The van der Waals surface area contributed by atoms with E-state index >= 15 is 0 Å². The van der Waals surface area contributed by atoms with Gasteiger partial charge in [0, 0.05) is 23.5 Å². The fourth-order valence-electron chi connectivity index (χ4n) is 2.85. The van der Waals surface area contributed by atoms with Crippen molar-refractivity contribution >= 4 is 23.6 Å². The molecule has 2 heterocycles. The monoisotopic (exact) mass is 332 g/mol. The summed E-state index contributed by atoms with van der Waals surface area (Å²) in [7, 11) is 1.63. The largest absolute Gasteiger partial charge is 0.497 e. The van der Waals surface area contributed by atoms with E-state index in [2.05, 4.69) is 20.5 Å². The summed E-state index contributed by atoms with van der Waals surface area (Å²) in [5.41, 5.74) is 3.56. The quantitative estimate of drug-likeness (QED) is 0.717. The lowest BCUT2D eigenvalue weighted by molar-refractivity contribution is -0.115. The highest BCUT2D eigenvalue weighted by Crippen LogP contribution is 2.31. The van der Waals surface area contributed by atoms with E-state index in [-0.39, 0.29) is 5.91 Å². The average molecular weight is 332 g/mol. The average Bonchev–Trinajstić information content (AvgIpc) is 3.24. The zero-order chi connectivity index (χ0) is 17.2. The van der Waals surface area contributed by atoms with Crippen LogP contribution in [0.1, 0.15) is 11.5 Å². The first kappa shape index (κ1) is 15.1. The number of carbonyl (C=O) groups is 1. The Labute approximate surface area is 144 Å². The molecule has 0 saturated carbocycles. The van der Waals surface area contributed by atoms with Crippen LogP contribution in [0.3, 0.4) is 0 Å². The van der Waals surface area contributed by atoms with Crippen LogP contribution in [0.25, 0.3) is 11.3 Å². The van der Waals surface area contributed by atoms with Crippen LogP contribution in [0.2, 0.25) is 0 Å². The number of H-pyrrole nitrogens is 1. The number of amides is 1. The van der Waals surface area contributed by atoms with Gasteiger partial charge in [0.25, 0.3) is 0 Å². The third-order valence-corrected chi connectivity index (χ3v) is 4.14. The van der Waals surface area contributed by atoms with Crippen LogP contribution < -0.4 is 10.1 Å². The molecule has 0 aliphatic carbocycles. The van der Waals surface area contributed by atoms with Crippen LogP contribution in [0, 0.1) is 0 Å². The molecule has 1 atom stereocenters. The van der Waals surface area contributed by atoms with E-state index in [1.54, 1.807) is 13.3 Å². The second kappa shape index (κ2) is 6.24. The molecule has 2 aromatic carbocycles. The van der Waals surface area contributed by atoms with Crippen LogP contribution in [-0.2, 0) is 4.79 Å². The van der Waals surface area contributed by atoms with Gasteiger partial charge in [-0.15, -0.1) is 0 Å². The third-order valence-electron chi connectivity index (χ3n) is 4.14. The van der Waals surface area contributed by atoms with Crippen molar-refractivity contribution in [3.05, 3.63) is 60.2 Å². The normalized spacial score (nSPS) is 16.0. The highest BCUT2D eigenvalue weighted by molar-refractivity contribution is 6.12. The van der Waals surface area contributed by atoms with Crippen molar-refractivity contribution in [1.29, 1.82) is 0 Å². The molecule has 2 N–H and O–H groups in total. The SMILES string of the molecule is COc1cccc(-c2cc(N=CC3C(=O)Nc4ccccc43)n[nH]2)c1. The second-order valence-corrected chi connectivity index (χ2v) is 5.70. The van der Waals surface area contributed by atoms with Gasteiger partial charge in [-0.05, 0) is 23.8 Å². The molecule has 6 heteroatoms. The first-order valence-electron chi connectivity index (χ1n) is 7.88. The van der Waals surface area contributed by atoms with Crippen LogP contribution in [0.5, 0.6) is 5.75 Å². The van der Waals surface area contributed by atoms with Gasteiger partial charge in [0.05, 0.1) is 12.8 Å². The molecule has 124 valence electrons. The molecule has 1 aromatic heterocycles. The maximum absolute atomic E-state index is 12.1. The number of hydrogen-bond acceptors (Lipinski definition) is 4. The Kier molecular flexibility index (Phi) is 3.78. The topological polar surface area (TPSA) is 79.4 Å². The first-order valence-corrected chi connectivity index (χ1v) is 7.88. The number of aliphatic imine (C=N–C) groups is 1. The van der Waals surface area contributed by atoms with Crippen molar-refractivity contribution in [2.75, 3.05) is 12.4 Å². The van der Waals surface area contributed by atoms with Gasteiger partial charge in [0.1, 0.15) is 11.7 Å². The summed E-state index contributed by atoms with van der Waals surface area (Å²) in [5.74, 6) is 0.827. The van der Waals surface area contributed by atoms with Crippen molar-refractivity contribution in [3.8, 4) is 17.0 Å². The third kappa shape index (κ3) is 2.89. The zero-order valence-corrected chi connectivity index (χ0v) is 13.6. The number of nitrogens with one attached hydrogen (secondary N) is 2. The number of nitrogens with zero attached hydrogens (tertiary/aromatic N) is 2. The van der Waals surface area contributed by atoms with Gasteiger partial charge in [-0.3, -0.25) is 9.89 Å². The van der Waals surface area contributed by atoms with Gasteiger partial charge < -0.3 is 10.1 Å². The fraction of sp³-hybridized carbons (Fsp3) is 0.105. The second-order valence-electron chi connectivity index (χ2n) is 5.70. The molecule has 1 aliphatic rings. The number of aromatic nitrogens is 2. The maximum Gasteiger partial charge on any atom is 0.237 e. The van der Waals surface area contributed by atoms with Crippen molar-refractivity contribution in [2.24, 2.45) is 4.99 Å². The minimum atomic E-state index is -0.395. The predicted octanol–water partition coefficient (Wildman–Crippen LogP) is 3.52. The Morgan fingerprint density at radius 3 is 2.92 bits per heavy atom. The van der Waals surface area contributed by atoms with Gasteiger partial charge in [-0.2, -0.15) is 5.10 Å². The minimum absolute atomic E-state index is 0.0755. The molecule has 3 aromatic rings. The van der Waals surface area contributed by atoms with E-state index in [0.717, 1.165) is 28.3 Å². The standard InChI is InChI=1S/C19H16N4O2/c1-25-13-6-4-5-12(9-13)17-10-18(23-22-17)20-11-15-14-7-2-3-8-16(14)21-19(15)24/h2-11,15H,1H3,(H,21,24)(H,22,23). The van der Waals surface area contributed by atoms with E-state index in [9.17, 15) is 4.79 Å². The Hall–Kier alpha value is -3.41. The summed E-state index contributed by atoms with van der Waals surface area (Å²) in [6.45, 7) is 0. The molecule has 0 spiro atoms. The number of fused-ring (bicyclic) bond motifs is 1. The lowest BCUT2D eigenvalue weighted by atomic mass is 10.0. The number of benzene rings is 2. The van der Waals surface area contributed by atoms with Crippen molar-refractivity contribution in [1.82, 2.24) is 10.2 Å². The molecule has 25 heavy (non-hydrogen) atoms. The number of anilines is 1. The van der Waals surface area contributed by atoms with Gasteiger partial charge in [0.2, 0.25) is 5.91 Å². The van der Waals surface area contributed by atoms with E-state index in [0.29, 0.717) is 5.82 Å². The highest BCUT2D eigenvalue weighted by atomic mass is 16.5. The van der Waals surface area contributed by atoms with Crippen LogP contribution >= 0.6 is 0 Å². The number of aromatic amines is 1. The number of para-hydroxylation sites is 1. The Morgan fingerprint density at radius 1 is 1.16 bits per heavy atom. The summed E-state index contributed by atoms with van der Waals surface area (Å²) in [5, 5.41) is 10.0. The molecule has 0 bridgehead atoms. The summed E-state index contributed by atoms with van der Waals surface area (Å²) in [4.78, 5) is 16.5. The Morgan fingerprint density at radius 2 is 2.04 bits per heavy atom. The number of ether oxygens (including phenoxy) is 1. The molecule has 1 aliphatic heterocycles. The van der Waals surface area contributed by atoms with E-state index in [4.69, 9.17) is 4.74 Å². The van der Waals surface area contributed by atoms with Crippen molar-refractivity contribution in [2.45, 2.75) is 5.92 Å². The lowest BCUT2D eigenvalue weighted by Gasteiger charge is -2.01. The number of rotatable bonds is 4. The number of methoxy groups -OCH3 is 1. The van der Waals surface area contributed by atoms with Crippen LogP contribution in [-0.4, -0.2) is 29.4 Å². The molecule has 6 nitrogen and oxygen atoms in total. The van der Waals surface area contributed by atoms with Gasteiger partial charge in [0.15, 0.2) is 5.82 Å². The van der Waals surface area contributed by atoms with Gasteiger partial charge in [-0.1, -0.05) is 30.3 Å². The van der Waals surface area contributed by atoms with Gasteiger partial charge >= 0.3 is 0 Å². The molecule has 1 amide bonds. The molecule has 0 radical (unpaired) electrons. The van der Waals surface area contributed by atoms with Crippen molar-refractivity contribution in [3.63, 3.8) is 0 Å². The molecular formula is C19H16N4O2. The Bertz CT molecular complexity index is 961. The molecule has 0 fully saturated rings. The highest BCUT2D eigenvalue weighted by Gasteiger charge is 2.28. The predicted molar refractivity (Wildman–Crippen MR) is 96.5 cm³/mol. The minimum Gasteiger partial charge on any atom is -0.497 e. The first-order chi connectivity index (χ1) is 12.2. The van der Waals surface area contributed by atoms with E-state index in [1.807, 2.05) is 54.6 Å². The van der Waals surface area contributed by atoms with Crippen LogP contribution in [0.4, 0.5) is 11.5 Å². The smallest absolute Gasteiger partial charge is 0.237 e. The molecule has 0 saturated heterocycles.